The molecule has 0 unspecified atom stereocenters. The first-order valence-corrected chi connectivity index (χ1v) is 16.3. The van der Waals surface area contributed by atoms with Gasteiger partial charge in [-0.1, -0.05) is 62.7 Å². The second-order valence-corrected chi connectivity index (χ2v) is 13.9. The third kappa shape index (κ3) is 9.87. The molecule has 1 fully saturated rings. The Labute approximate surface area is 280 Å². The molecular weight excluding hydrogens is 627 g/mol. The zero-order valence-corrected chi connectivity index (χ0v) is 28.4. The predicted octanol–water partition coefficient (Wildman–Crippen LogP) is 5.56. The Morgan fingerprint density at radius 2 is 1.72 bits per heavy atom. The van der Waals surface area contributed by atoms with Crippen LogP contribution in [0.25, 0.3) is 0 Å². The lowest BCUT2D eigenvalue weighted by Gasteiger charge is -2.29. The van der Waals surface area contributed by atoms with Crippen LogP contribution in [0.3, 0.4) is 0 Å². The number of epoxide rings is 1. The summed E-state index contributed by atoms with van der Waals surface area (Å²) in [4.78, 5) is 53.5. The van der Waals surface area contributed by atoms with Gasteiger partial charge in [0.1, 0.15) is 24.1 Å². The van der Waals surface area contributed by atoms with Crippen LogP contribution in [0.4, 0.5) is 4.39 Å². The van der Waals surface area contributed by atoms with Crippen LogP contribution in [0.5, 0.6) is 0 Å². The maximum absolute atomic E-state index is 13.6. The third-order valence-electron chi connectivity index (χ3n) is 8.50. The summed E-state index contributed by atoms with van der Waals surface area (Å²) in [6, 6.07) is 10.5. The Hall–Kier alpha value is -3.76. The van der Waals surface area contributed by atoms with E-state index >= 15 is 0 Å². The molecule has 2 aliphatic rings. The van der Waals surface area contributed by atoms with Crippen LogP contribution in [-0.4, -0.2) is 54.7 Å². The second-order valence-electron chi connectivity index (χ2n) is 13.5. The molecule has 0 aromatic heterocycles. The SMILES string of the molecule is Cc1ccc(C[C@H]2NC(=O)/C=C/C[C@@H]([C@H](C)[C@H]3O[C@@H]3c3ccc(F)cc3)OC(=O)[C@H](CC(C)C)OC(=O)C(C)(C)CNC2=O)cc1Cl. The highest BCUT2D eigenvalue weighted by Crippen LogP contribution is 2.45. The van der Waals surface area contributed by atoms with Crippen molar-refractivity contribution in [3.05, 3.63) is 82.1 Å². The van der Waals surface area contributed by atoms with E-state index in [4.69, 9.17) is 25.8 Å². The van der Waals surface area contributed by atoms with Crippen LogP contribution < -0.4 is 10.6 Å². The maximum Gasteiger partial charge on any atom is 0.347 e. The predicted molar refractivity (Wildman–Crippen MR) is 175 cm³/mol. The topological polar surface area (TPSA) is 123 Å². The molecule has 9 nitrogen and oxygen atoms in total. The van der Waals surface area contributed by atoms with E-state index < -0.39 is 47.4 Å². The highest BCUT2D eigenvalue weighted by molar-refractivity contribution is 6.31. The molecule has 0 saturated carbocycles. The third-order valence-corrected chi connectivity index (χ3v) is 8.90. The molecule has 2 aromatic carbocycles. The summed E-state index contributed by atoms with van der Waals surface area (Å²) in [6.07, 6.45) is 0.859. The highest BCUT2D eigenvalue weighted by atomic mass is 35.5. The van der Waals surface area contributed by atoms with Crippen molar-refractivity contribution in [3.8, 4) is 0 Å². The molecule has 0 spiro atoms. The number of hydrogen-bond acceptors (Lipinski definition) is 7. The fraction of sp³-hybridized carbons (Fsp3) is 0.500. The van der Waals surface area contributed by atoms with Crippen molar-refractivity contribution in [1.82, 2.24) is 10.6 Å². The molecule has 0 bridgehead atoms. The largest absolute Gasteiger partial charge is 0.459 e. The van der Waals surface area contributed by atoms with Crippen LogP contribution >= 0.6 is 11.6 Å². The molecular formula is C36H44ClFN2O7. The summed E-state index contributed by atoms with van der Waals surface area (Å²) in [5, 5.41) is 6.07. The monoisotopic (exact) mass is 670 g/mol. The Morgan fingerprint density at radius 3 is 2.38 bits per heavy atom. The number of amides is 2. The number of carbonyl (C=O) groups excluding carboxylic acids is 4. The van der Waals surface area contributed by atoms with Gasteiger partial charge in [-0.3, -0.25) is 14.4 Å². The maximum atomic E-state index is 13.6. The van der Waals surface area contributed by atoms with Crippen LogP contribution in [-0.2, 0) is 39.8 Å². The Bertz CT molecular complexity index is 1490. The standard InChI is InChI=1S/C36H44ClFN2O7/c1-20(2)16-29-34(43)45-28(22(4)31-32(47-31)24-12-14-25(38)15-13-24)8-7-9-30(41)40-27(18-23-11-10-21(3)26(37)17-23)33(42)39-19-36(5,6)35(44)46-29/h7,9-15,17,20,22,27-29,31-32H,8,16,18-19H2,1-6H3,(H,39,42)(H,40,41)/b9-7+/t22-,27+,28-,29-,31+,32+/m0/s1. The highest BCUT2D eigenvalue weighted by Gasteiger charge is 2.48. The van der Waals surface area contributed by atoms with Crippen LogP contribution in [0, 0.1) is 30.0 Å². The Balaban J connectivity index is 1.61. The van der Waals surface area contributed by atoms with E-state index in [0.29, 0.717) is 5.02 Å². The second kappa shape index (κ2) is 15.4. The van der Waals surface area contributed by atoms with Gasteiger partial charge in [0.15, 0.2) is 6.10 Å². The number of benzene rings is 2. The Morgan fingerprint density at radius 1 is 1.02 bits per heavy atom. The van der Waals surface area contributed by atoms with Gasteiger partial charge in [-0.25, -0.2) is 9.18 Å². The molecule has 254 valence electrons. The van der Waals surface area contributed by atoms with Crippen molar-refractivity contribution in [3.63, 3.8) is 0 Å². The number of esters is 2. The average Bonchev–Trinajstić information content (AvgIpc) is 3.81. The molecule has 4 rings (SSSR count). The molecule has 47 heavy (non-hydrogen) atoms. The fourth-order valence-corrected chi connectivity index (χ4v) is 5.60. The number of halogens is 2. The number of hydrogen-bond donors (Lipinski definition) is 2. The summed E-state index contributed by atoms with van der Waals surface area (Å²) in [5.41, 5.74) is 1.22. The van der Waals surface area contributed by atoms with Gasteiger partial charge >= 0.3 is 11.9 Å². The number of ether oxygens (including phenoxy) is 3. The first kappa shape index (κ1) is 36.1. The molecule has 2 aliphatic heterocycles. The normalized spacial score (nSPS) is 26.9. The van der Waals surface area contributed by atoms with Gasteiger partial charge in [0.05, 0.1) is 11.5 Å². The van der Waals surface area contributed by atoms with E-state index in [1.807, 2.05) is 39.8 Å². The number of nitrogens with one attached hydrogen (secondary N) is 2. The minimum Gasteiger partial charge on any atom is -0.459 e. The molecule has 2 N–H and O–H groups in total. The molecule has 0 aliphatic carbocycles. The van der Waals surface area contributed by atoms with Gasteiger partial charge in [-0.2, -0.15) is 0 Å². The lowest BCUT2D eigenvalue weighted by molar-refractivity contribution is -0.179. The smallest absolute Gasteiger partial charge is 0.347 e. The number of rotatable bonds is 7. The Kier molecular flexibility index (Phi) is 11.8. The van der Waals surface area contributed by atoms with Crippen LogP contribution in [0.2, 0.25) is 5.02 Å². The summed E-state index contributed by atoms with van der Waals surface area (Å²) in [6.45, 7) is 10.7. The van der Waals surface area contributed by atoms with E-state index in [1.54, 1.807) is 38.1 Å². The fourth-order valence-electron chi connectivity index (χ4n) is 5.40. The minimum absolute atomic E-state index is 0.00103. The van der Waals surface area contributed by atoms with Gasteiger partial charge < -0.3 is 24.8 Å². The number of carbonyl (C=O) groups is 4. The summed E-state index contributed by atoms with van der Waals surface area (Å²) >= 11 is 6.32. The summed E-state index contributed by atoms with van der Waals surface area (Å²) in [7, 11) is 0. The zero-order valence-electron chi connectivity index (χ0n) is 27.7. The van der Waals surface area contributed by atoms with E-state index in [-0.39, 0.29) is 55.7 Å². The van der Waals surface area contributed by atoms with Crippen LogP contribution in [0.15, 0.2) is 54.6 Å². The van der Waals surface area contributed by atoms with E-state index in [1.165, 1.54) is 18.2 Å². The van der Waals surface area contributed by atoms with Gasteiger partial charge in [0.25, 0.3) is 0 Å². The first-order chi connectivity index (χ1) is 22.1. The van der Waals surface area contributed by atoms with Crippen molar-refractivity contribution in [2.24, 2.45) is 17.3 Å². The lowest BCUT2D eigenvalue weighted by Crippen LogP contribution is -2.51. The van der Waals surface area contributed by atoms with E-state index in [9.17, 15) is 23.6 Å². The number of cyclic esters (lactones) is 2. The van der Waals surface area contributed by atoms with Crippen molar-refractivity contribution < 1.29 is 37.8 Å². The summed E-state index contributed by atoms with van der Waals surface area (Å²) < 4.78 is 31.2. The average molecular weight is 671 g/mol. The molecule has 1 saturated heterocycles. The molecule has 6 atom stereocenters. The van der Waals surface area contributed by atoms with Crippen molar-refractivity contribution in [1.29, 1.82) is 0 Å². The van der Waals surface area contributed by atoms with Gasteiger partial charge in [0.2, 0.25) is 11.8 Å². The first-order valence-electron chi connectivity index (χ1n) is 16.0. The van der Waals surface area contributed by atoms with Crippen LogP contribution in [0.1, 0.15) is 70.3 Å². The summed E-state index contributed by atoms with van der Waals surface area (Å²) in [5.74, 6) is -3.08. The molecule has 0 radical (unpaired) electrons. The van der Waals surface area contributed by atoms with E-state index in [0.717, 1.165) is 16.7 Å². The van der Waals surface area contributed by atoms with E-state index in [2.05, 4.69) is 10.6 Å². The molecule has 2 heterocycles. The molecule has 2 amide bonds. The molecule has 2 aromatic rings. The minimum atomic E-state index is -1.21. The zero-order chi connectivity index (χ0) is 34.5. The van der Waals surface area contributed by atoms with Gasteiger partial charge in [0, 0.05) is 30.3 Å². The number of aryl methyl sites for hydroxylation is 1. The lowest BCUT2D eigenvalue weighted by atomic mass is 9.92. The van der Waals surface area contributed by atoms with Gasteiger partial charge in [-0.05, 0) is 74.1 Å². The quantitative estimate of drug-likeness (QED) is 0.292. The van der Waals surface area contributed by atoms with Crippen molar-refractivity contribution in [2.45, 2.75) is 91.3 Å². The van der Waals surface area contributed by atoms with Crippen molar-refractivity contribution >= 4 is 35.4 Å². The molecule has 11 heteroatoms. The van der Waals surface area contributed by atoms with Gasteiger partial charge in [-0.15, -0.1) is 0 Å². The van der Waals surface area contributed by atoms with Crippen molar-refractivity contribution in [2.75, 3.05) is 6.54 Å².